The fourth-order valence-electron chi connectivity index (χ4n) is 5.15. The van der Waals surface area contributed by atoms with Gasteiger partial charge in [0.15, 0.2) is 6.61 Å². The van der Waals surface area contributed by atoms with Gasteiger partial charge in [-0.3, -0.25) is 9.59 Å². The summed E-state index contributed by atoms with van der Waals surface area (Å²) in [5.74, 6) is 0.640. The van der Waals surface area contributed by atoms with Crippen molar-refractivity contribution in [2.45, 2.75) is 76.9 Å². The lowest BCUT2D eigenvalue weighted by Gasteiger charge is -2.33. The van der Waals surface area contributed by atoms with Crippen molar-refractivity contribution in [1.82, 2.24) is 10.2 Å². The van der Waals surface area contributed by atoms with Crippen LogP contribution >= 0.6 is 31.9 Å². The number of hydrogen-bond donors (Lipinski definition) is 1. The molecule has 2 amide bonds. The molecule has 1 unspecified atom stereocenters. The molecule has 7 heteroatoms. The van der Waals surface area contributed by atoms with E-state index in [1.54, 1.807) is 4.90 Å². The van der Waals surface area contributed by atoms with Crippen LogP contribution in [0, 0.1) is 0 Å². The number of rotatable bonds is 11. The van der Waals surface area contributed by atoms with Crippen molar-refractivity contribution in [2.75, 3.05) is 6.61 Å². The van der Waals surface area contributed by atoms with Crippen LogP contribution in [0.25, 0.3) is 0 Å². The predicted octanol–water partition coefficient (Wildman–Crippen LogP) is 7.80. The number of carbonyl (C=O) groups is 2. The highest BCUT2D eigenvalue weighted by atomic mass is 79.9. The summed E-state index contributed by atoms with van der Waals surface area (Å²) >= 11 is 7.14. The SMILES string of the molecule is CC(C)c1ccc(OCC(=O)N(Cc2cccc(Br)c2)C(Cc2ccccc2)C(=O)NC2CCCCC2)c(Br)c1. The fraction of sp³-hybridized carbons (Fsp3) is 0.394. The van der Waals surface area contributed by atoms with Gasteiger partial charge >= 0.3 is 0 Å². The van der Waals surface area contributed by atoms with Gasteiger partial charge in [0.1, 0.15) is 11.8 Å². The molecule has 1 N–H and O–H groups in total. The van der Waals surface area contributed by atoms with Gasteiger partial charge in [-0.15, -0.1) is 0 Å². The Morgan fingerprint density at radius 2 is 1.65 bits per heavy atom. The summed E-state index contributed by atoms with van der Waals surface area (Å²) in [6, 6.07) is 23.2. The maximum Gasteiger partial charge on any atom is 0.261 e. The van der Waals surface area contributed by atoms with E-state index in [4.69, 9.17) is 4.74 Å². The average Bonchev–Trinajstić information content (AvgIpc) is 2.95. The highest BCUT2D eigenvalue weighted by molar-refractivity contribution is 9.10. The molecule has 1 aliphatic carbocycles. The second-order valence-corrected chi connectivity index (χ2v) is 12.6. The van der Waals surface area contributed by atoms with Crippen molar-refractivity contribution >= 4 is 43.7 Å². The van der Waals surface area contributed by atoms with E-state index in [-0.39, 0.29) is 24.5 Å². The van der Waals surface area contributed by atoms with Gasteiger partial charge in [-0.1, -0.05) is 97.6 Å². The maximum absolute atomic E-state index is 13.9. The third-order valence-electron chi connectivity index (χ3n) is 7.44. The Kier molecular flexibility index (Phi) is 11.2. The Morgan fingerprint density at radius 3 is 2.33 bits per heavy atom. The maximum atomic E-state index is 13.9. The lowest BCUT2D eigenvalue weighted by molar-refractivity contribution is -0.143. The first kappa shape index (κ1) is 30.3. The monoisotopic (exact) mass is 668 g/mol. The minimum atomic E-state index is -0.675. The van der Waals surface area contributed by atoms with Gasteiger partial charge in [-0.2, -0.15) is 0 Å². The molecular formula is C33H38Br2N2O3. The molecule has 40 heavy (non-hydrogen) atoms. The van der Waals surface area contributed by atoms with Crippen LogP contribution < -0.4 is 10.1 Å². The highest BCUT2D eigenvalue weighted by Crippen LogP contribution is 2.29. The molecule has 1 atom stereocenters. The number of carbonyl (C=O) groups excluding carboxylic acids is 2. The molecule has 0 aromatic heterocycles. The molecule has 212 valence electrons. The number of halogens is 2. The molecule has 5 nitrogen and oxygen atoms in total. The van der Waals surface area contributed by atoms with E-state index in [2.05, 4.69) is 51.0 Å². The number of benzene rings is 3. The summed E-state index contributed by atoms with van der Waals surface area (Å²) in [5, 5.41) is 3.28. The molecule has 0 saturated heterocycles. The van der Waals surface area contributed by atoms with Crippen molar-refractivity contribution in [3.8, 4) is 5.75 Å². The molecular weight excluding hydrogens is 632 g/mol. The first-order valence-corrected chi connectivity index (χ1v) is 15.7. The molecule has 0 heterocycles. The first-order valence-electron chi connectivity index (χ1n) is 14.1. The standard InChI is InChI=1S/C33H38Br2N2O3/c1-23(2)26-16-17-31(29(35)20-26)40-22-32(38)37(21-25-12-9-13-27(34)18-25)30(19-24-10-5-3-6-11-24)33(39)36-28-14-7-4-8-15-28/h3,5-6,9-13,16-18,20,23,28,30H,4,7-8,14-15,19,21-22H2,1-2H3,(H,36,39). The molecule has 3 aromatic carbocycles. The van der Waals surface area contributed by atoms with Gasteiger partial charge in [-0.25, -0.2) is 0 Å². The summed E-state index contributed by atoms with van der Waals surface area (Å²) in [5.41, 5.74) is 3.13. The van der Waals surface area contributed by atoms with E-state index in [1.807, 2.05) is 72.8 Å². The summed E-state index contributed by atoms with van der Waals surface area (Å²) in [7, 11) is 0. The third kappa shape index (κ3) is 8.68. The van der Waals surface area contributed by atoms with Gasteiger partial charge in [0, 0.05) is 23.5 Å². The van der Waals surface area contributed by atoms with Crippen LogP contribution in [0.4, 0.5) is 0 Å². The minimum absolute atomic E-state index is 0.110. The summed E-state index contributed by atoms with van der Waals surface area (Å²) < 4.78 is 7.76. The van der Waals surface area contributed by atoms with Crippen LogP contribution in [0.15, 0.2) is 81.7 Å². The number of ether oxygens (including phenoxy) is 1. The quantitative estimate of drug-likeness (QED) is 0.227. The lowest BCUT2D eigenvalue weighted by atomic mass is 9.94. The fourth-order valence-corrected chi connectivity index (χ4v) is 6.10. The van der Waals surface area contributed by atoms with E-state index >= 15 is 0 Å². The van der Waals surface area contributed by atoms with Crippen LogP contribution in [0.2, 0.25) is 0 Å². The third-order valence-corrected chi connectivity index (χ3v) is 8.55. The smallest absolute Gasteiger partial charge is 0.261 e. The summed E-state index contributed by atoms with van der Waals surface area (Å²) in [6.45, 7) is 4.40. The van der Waals surface area contributed by atoms with Crippen molar-refractivity contribution in [3.05, 3.63) is 98.4 Å². The van der Waals surface area contributed by atoms with Crippen molar-refractivity contribution in [2.24, 2.45) is 0 Å². The predicted molar refractivity (Wildman–Crippen MR) is 167 cm³/mol. The number of nitrogens with one attached hydrogen (secondary N) is 1. The molecule has 0 aliphatic heterocycles. The van der Waals surface area contributed by atoms with E-state index in [1.165, 1.54) is 12.0 Å². The van der Waals surface area contributed by atoms with Crippen molar-refractivity contribution < 1.29 is 14.3 Å². The zero-order valence-electron chi connectivity index (χ0n) is 23.2. The second-order valence-electron chi connectivity index (χ2n) is 10.8. The second kappa shape index (κ2) is 14.8. The Balaban J connectivity index is 1.61. The Morgan fingerprint density at radius 1 is 0.925 bits per heavy atom. The molecule has 1 saturated carbocycles. The minimum Gasteiger partial charge on any atom is -0.483 e. The van der Waals surface area contributed by atoms with Crippen LogP contribution in [-0.4, -0.2) is 35.4 Å². The lowest BCUT2D eigenvalue weighted by Crippen LogP contribution is -2.53. The van der Waals surface area contributed by atoms with Crippen molar-refractivity contribution in [3.63, 3.8) is 0 Å². The van der Waals surface area contributed by atoms with Gasteiger partial charge in [-0.05, 0) is 75.6 Å². The van der Waals surface area contributed by atoms with E-state index in [0.29, 0.717) is 24.6 Å². The highest BCUT2D eigenvalue weighted by Gasteiger charge is 2.32. The molecule has 0 bridgehead atoms. The van der Waals surface area contributed by atoms with Crippen LogP contribution in [-0.2, 0) is 22.6 Å². The molecule has 1 aliphatic rings. The van der Waals surface area contributed by atoms with E-state index < -0.39 is 6.04 Å². The zero-order chi connectivity index (χ0) is 28.5. The molecule has 4 rings (SSSR count). The van der Waals surface area contributed by atoms with E-state index in [9.17, 15) is 9.59 Å². The van der Waals surface area contributed by atoms with Crippen LogP contribution in [0.3, 0.4) is 0 Å². The zero-order valence-corrected chi connectivity index (χ0v) is 26.4. The number of nitrogens with zero attached hydrogens (tertiary/aromatic N) is 1. The largest absolute Gasteiger partial charge is 0.483 e. The first-order chi connectivity index (χ1) is 19.3. The molecule has 0 radical (unpaired) electrons. The van der Waals surface area contributed by atoms with E-state index in [0.717, 1.165) is 45.8 Å². The Bertz CT molecular complexity index is 1280. The average molecular weight is 670 g/mol. The summed E-state index contributed by atoms with van der Waals surface area (Å²) in [4.78, 5) is 29.5. The van der Waals surface area contributed by atoms with Crippen LogP contribution in [0.1, 0.15) is 68.6 Å². The topological polar surface area (TPSA) is 58.6 Å². The van der Waals surface area contributed by atoms with Gasteiger partial charge in [0.2, 0.25) is 5.91 Å². The van der Waals surface area contributed by atoms with Gasteiger partial charge in [0.25, 0.3) is 5.91 Å². The normalized spacial score (nSPS) is 14.5. The Hall–Kier alpha value is -2.64. The molecule has 3 aromatic rings. The van der Waals surface area contributed by atoms with Crippen molar-refractivity contribution in [1.29, 1.82) is 0 Å². The van der Waals surface area contributed by atoms with Gasteiger partial charge in [0.05, 0.1) is 4.47 Å². The summed E-state index contributed by atoms with van der Waals surface area (Å²) in [6.07, 6.45) is 5.82. The Labute approximate surface area is 254 Å². The molecule has 0 spiro atoms. The van der Waals surface area contributed by atoms with Crippen LogP contribution in [0.5, 0.6) is 5.75 Å². The van der Waals surface area contributed by atoms with Gasteiger partial charge < -0.3 is 15.0 Å². The molecule has 1 fully saturated rings. The number of amides is 2. The number of hydrogen-bond acceptors (Lipinski definition) is 3.